The van der Waals surface area contributed by atoms with Crippen LogP contribution in [0.3, 0.4) is 0 Å². The van der Waals surface area contributed by atoms with Gasteiger partial charge in [0.2, 0.25) is 0 Å². The summed E-state index contributed by atoms with van der Waals surface area (Å²) in [6.45, 7) is 0. The average molecular weight is 382 g/mol. The molecular formula is C20H14O4S2. The molecule has 0 saturated carbocycles. The minimum atomic E-state index is -0.936. The van der Waals surface area contributed by atoms with Crippen molar-refractivity contribution >= 4 is 35.5 Å². The highest BCUT2D eigenvalue weighted by Gasteiger charge is 2.06. The van der Waals surface area contributed by atoms with Gasteiger partial charge in [-0.2, -0.15) is 0 Å². The smallest absolute Gasteiger partial charge is 0.335 e. The maximum Gasteiger partial charge on any atom is 0.335 e. The summed E-state index contributed by atoms with van der Waals surface area (Å²) in [7, 11) is 0. The van der Waals surface area contributed by atoms with Crippen molar-refractivity contribution in [3.63, 3.8) is 0 Å². The van der Waals surface area contributed by atoms with Crippen LogP contribution >= 0.6 is 23.5 Å². The molecule has 0 amide bonds. The van der Waals surface area contributed by atoms with E-state index >= 15 is 0 Å². The minimum absolute atomic E-state index is 0.267. The summed E-state index contributed by atoms with van der Waals surface area (Å²) in [5.41, 5.74) is 0.534. The van der Waals surface area contributed by atoms with E-state index in [9.17, 15) is 9.59 Å². The summed E-state index contributed by atoms with van der Waals surface area (Å²) in [5.74, 6) is -1.87. The zero-order chi connectivity index (χ0) is 18.5. The van der Waals surface area contributed by atoms with Gasteiger partial charge in [-0.05, 0) is 66.7 Å². The molecule has 3 aromatic rings. The molecule has 0 fully saturated rings. The van der Waals surface area contributed by atoms with Gasteiger partial charge in [-0.15, -0.1) is 0 Å². The van der Waals surface area contributed by atoms with Crippen molar-refractivity contribution in [2.45, 2.75) is 19.6 Å². The van der Waals surface area contributed by atoms with Gasteiger partial charge in [0.1, 0.15) is 0 Å². The Hall–Kier alpha value is -2.70. The first-order valence-corrected chi connectivity index (χ1v) is 9.27. The van der Waals surface area contributed by atoms with Crippen molar-refractivity contribution in [1.82, 2.24) is 0 Å². The van der Waals surface area contributed by atoms with E-state index < -0.39 is 11.9 Å². The summed E-state index contributed by atoms with van der Waals surface area (Å²) in [6.07, 6.45) is 0. The van der Waals surface area contributed by atoms with Crippen LogP contribution in [0.15, 0.2) is 92.4 Å². The van der Waals surface area contributed by atoms with Crippen LogP contribution in [0.5, 0.6) is 0 Å². The van der Waals surface area contributed by atoms with E-state index in [2.05, 4.69) is 0 Å². The van der Waals surface area contributed by atoms with Crippen molar-refractivity contribution in [2.75, 3.05) is 0 Å². The monoisotopic (exact) mass is 382 g/mol. The molecular weight excluding hydrogens is 368 g/mol. The predicted molar refractivity (Wildman–Crippen MR) is 101 cm³/mol. The molecule has 0 radical (unpaired) electrons. The third-order valence-electron chi connectivity index (χ3n) is 3.48. The minimum Gasteiger partial charge on any atom is -0.478 e. The highest BCUT2D eigenvalue weighted by molar-refractivity contribution is 8.00. The van der Waals surface area contributed by atoms with E-state index in [4.69, 9.17) is 10.2 Å². The second-order valence-electron chi connectivity index (χ2n) is 5.34. The molecule has 3 rings (SSSR count). The highest BCUT2D eigenvalue weighted by atomic mass is 32.2. The van der Waals surface area contributed by atoms with Gasteiger partial charge >= 0.3 is 11.9 Å². The largest absolute Gasteiger partial charge is 0.478 e. The first-order chi connectivity index (χ1) is 12.5. The molecule has 0 spiro atoms. The molecule has 130 valence electrons. The number of rotatable bonds is 6. The average Bonchev–Trinajstić information content (AvgIpc) is 2.63. The van der Waals surface area contributed by atoms with Crippen LogP contribution in [-0.4, -0.2) is 22.2 Å². The van der Waals surface area contributed by atoms with Gasteiger partial charge < -0.3 is 10.2 Å². The molecule has 6 heteroatoms. The predicted octanol–water partition coefficient (Wildman–Crippen LogP) is 5.39. The molecule has 4 nitrogen and oxygen atoms in total. The molecule has 26 heavy (non-hydrogen) atoms. The van der Waals surface area contributed by atoms with E-state index in [1.54, 1.807) is 72.1 Å². The molecule has 0 unspecified atom stereocenters. The quantitative estimate of drug-likeness (QED) is 0.596. The Balaban J connectivity index is 1.71. The van der Waals surface area contributed by atoms with Gasteiger partial charge in [-0.3, -0.25) is 0 Å². The number of carboxylic acids is 2. The lowest BCUT2D eigenvalue weighted by Crippen LogP contribution is -1.94. The van der Waals surface area contributed by atoms with E-state index in [-0.39, 0.29) is 11.1 Å². The number of aromatic carboxylic acids is 2. The van der Waals surface area contributed by atoms with Gasteiger partial charge in [0.05, 0.1) is 11.1 Å². The third-order valence-corrected chi connectivity index (χ3v) is 5.47. The Bertz CT molecular complexity index is 860. The molecule has 0 bridgehead atoms. The first-order valence-electron chi connectivity index (χ1n) is 7.64. The molecule has 0 heterocycles. The summed E-state index contributed by atoms with van der Waals surface area (Å²) < 4.78 is 0. The maximum absolute atomic E-state index is 10.9. The van der Waals surface area contributed by atoms with Gasteiger partial charge in [0, 0.05) is 19.6 Å². The molecule has 2 N–H and O–H groups in total. The van der Waals surface area contributed by atoms with Gasteiger partial charge in [-0.1, -0.05) is 29.6 Å². The zero-order valence-electron chi connectivity index (χ0n) is 13.5. The van der Waals surface area contributed by atoms with Crippen LogP contribution in [0.4, 0.5) is 0 Å². The second-order valence-corrected chi connectivity index (χ2v) is 7.63. The lowest BCUT2D eigenvalue weighted by Gasteiger charge is -2.06. The SMILES string of the molecule is O=C(O)c1ccc(Sc2cccc(Sc3ccc(C(=O)O)cc3)c2)cc1. The van der Waals surface area contributed by atoms with Crippen molar-refractivity contribution in [1.29, 1.82) is 0 Å². The topological polar surface area (TPSA) is 74.6 Å². The Kier molecular flexibility index (Phi) is 5.65. The number of hydrogen-bond donors (Lipinski definition) is 2. The van der Waals surface area contributed by atoms with Gasteiger partial charge in [0.15, 0.2) is 0 Å². The van der Waals surface area contributed by atoms with E-state index in [0.717, 1.165) is 19.6 Å². The summed E-state index contributed by atoms with van der Waals surface area (Å²) in [6, 6.07) is 21.5. The Morgan fingerprint density at radius 2 is 0.962 bits per heavy atom. The standard InChI is InChI=1S/C20H14O4S2/c21-19(22)13-4-8-15(9-5-13)25-17-2-1-3-18(12-17)26-16-10-6-14(7-11-16)20(23)24/h1-12H,(H,21,22)(H,23,24). The van der Waals surface area contributed by atoms with Crippen LogP contribution in [0.2, 0.25) is 0 Å². The van der Waals surface area contributed by atoms with Crippen LogP contribution in [0, 0.1) is 0 Å². The molecule has 3 aromatic carbocycles. The fourth-order valence-electron chi connectivity index (χ4n) is 2.20. The van der Waals surface area contributed by atoms with Crippen molar-refractivity contribution in [3.05, 3.63) is 83.9 Å². The summed E-state index contributed by atoms with van der Waals surface area (Å²) >= 11 is 3.11. The lowest BCUT2D eigenvalue weighted by molar-refractivity contribution is 0.0686. The molecule has 0 aliphatic carbocycles. The number of carboxylic acid groups (broad SMARTS) is 2. The van der Waals surface area contributed by atoms with Gasteiger partial charge in [-0.25, -0.2) is 9.59 Å². The van der Waals surface area contributed by atoms with Crippen molar-refractivity contribution in [3.8, 4) is 0 Å². The lowest BCUT2D eigenvalue weighted by atomic mass is 10.2. The van der Waals surface area contributed by atoms with Crippen LogP contribution in [-0.2, 0) is 0 Å². The van der Waals surface area contributed by atoms with E-state index in [1.165, 1.54) is 0 Å². The number of hydrogen-bond acceptors (Lipinski definition) is 4. The fraction of sp³-hybridized carbons (Fsp3) is 0. The number of carbonyl (C=O) groups is 2. The molecule has 0 aromatic heterocycles. The molecule has 0 aliphatic heterocycles. The number of benzene rings is 3. The second kappa shape index (κ2) is 8.12. The van der Waals surface area contributed by atoms with E-state index in [1.807, 2.05) is 24.3 Å². The summed E-state index contributed by atoms with van der Waals surface area (Å²) in [5, 5.41) is 17.9. The third kappa shape index (κ3) is 4.68. The summed E-state index contributed by atoms with van der Waals surface area (Å²) in [4.78, 5) is 25.8. The maximum atomic E-state index is 10.9. The Morgan fingerprint density at radius 1 is 0.577 bits per heavy atom. The Morgan fingerprint density at radius 3 is 1.31 bits per heavy atom. The Labute approximate surface area is 158 Å². The van der Waals surface area contributed by atoms with Gasteiger partial charge in [0.25, 0.3) is 0 Å². The fourth-order valence-corrected chi connectivity index (χ4v) is 4.03. The van der Waals surface area contributed by atoms with E-state index in [0.29, 0.717) is 0 Å². The van der Waals surface area contributed by atoms with Crippen LogP contribution in [0.1, 0.15) is 20.7 Å². The first kappa shape index (κ1) is 18.1. The molecule has 0 atom stereocenters. The molecule has 0 aliphatic rings. The van der Waals surface area contributed by atoms with Crippen LogP contribution < -0.4 is 0 Å². The molecule has 0 saturated heterocycles. The normalized spacial score (nSPS) is 10.5. The highest BCUT2D eigenvalue weighted by Crippen LogP contribution is 2.33. The van der Waals surface area contributed by atoms with Crippen molar-refractivity contribution < 1.29 is 19.8 Å². The van der Waals surface area contributed by atoms with Crippen LogP contribution in [0.25, 0.3) is 0 Å². The van der Waals surface area contributed by atoms with Crippen molar-refractivity contribution in [2.24, 2.45) is 0 Å². The zero-order valence-corrected chi connectivity index (χ0v) is 15.1.